The molecule has 5 heteroatoms. The summed E-state index contributed by atoms with van der Waals surface area (Å²) in [5.74, 6) is 0.938. The van der Waals surface area contributed by atoms with Crippen LogP contribution in [-0.2, 0) is 6.42 Å². The third-order valence-electron chi connectivity index (χ3n) is 1.90. The minimum atomic E-state index is 0.620. The molecule has 74 valence electrons. The molecule has 3 N–H and O–H groups in total. The molecule has 0 unspecified atom stereocenters. The van der Waals surface area contributed by atoms with E-state index in [1.54, 1.807) is 11.3 Å². The van der Waals surface area contributed by atoms with Crippen molar-refractivity contribution in [2.24, 2.45) is 5.73 Å². The lowest BCUT2D eigenvalue weighted by molar-refractivity contribution is 0.895. The predicted octanol–water partition coefficient (Wildman–Crippen LogP) is 1.34. The molecule has 0 amide bonds. The van der Waals surface area contributed by atoms with E-state index in [0.29, 0.717) is 6.54 Å². The fraction of sp³-hybridized carbons (Fsp3) is 0.333. The molecule has 2 aromatic rings. The summed E-state index contributed by atoms with van der Waals surface area (Å²) in [6.45, 7) is 2.61. The van der Waals surface area contributed by atoms with Gasteiger partial charge in [0.05, 0.1) is 21.8 Å². The summed E-state index contributed by atoms with van der Waals surface area (Å²) in [7, 11) is 0. The quantitative estimate of drug-likeness (QED) is 0.800. The number of aromatic nitrogens is 3. The molecule has 2 heterocycles. The maximum Gasteiger partial charge on any atom is 0.107 e. The minimum absolute atomic E-state index is 0.620. The van der Waals surface area contributed by atoms with Gasteiger partial charge in [-0.05, 0) is 13.5 Å². The second-order valence-corrected chi connectivity index (χ2v) is 4.26. The highest BCUT2D eigenvalue weighted by molar-refractivity contribution is 7.15. The van der Waals surface area contributed by atoms with E-state index in [0.717, 1.165) is 27.8 Å². The van der Waals surface area contributed by atoms with E-state index in [2.05, 4.69) is 15.0 Å². The Labute approximate surface area is 86.2 Å². The number of imidazole rings is 1. The number of hydrogen-bond donors (Lipinski definition) is 2. The zero-order valence-electron chi connectivity index (χ0n) is 7.95. The number of nitrogens with two attached hydrogens (primary N) is 1. The van der Waals surface area contributed by atoms with Crippen LogP contribution >= 0.6 is 11.3 Å². The van der Waals surface area contributed by atoms with Crippen LogP contribution in [0.3, 0.4) is 0 Å². The van der Waals surface area contributed by atoms with Crippen molar-refractivity contribution in [3.05, 3.63) is 23.2 Å². The van der Waals surface area contributed by atoms with Crippen molar-refractivity contribution in [1.29, 1.82) is 0 Å². The fourth-order valence-corrected chi connectivity index (χ4v) is 1.98. The number of nitrogens with one attached hydrogen (secondary N) is 1. The van der Waals surface area contributed by atoms with Crippen LogP contribution in [0.1, 0.15) is 10.8 Å². The molecule has 2 aromatic heterocycles. The largest absolute Gasteiger partial charge is 0.341 e. The van der Waals surface area contributed by atoms with Gasteiger partial charge in [-0.15, -0.1) is 11.3 Å². The van der Waals surface area contributed by atoms with Crippen molar-refractivity contribution < 1.29 is 0 Å². The predicted molar refractivity (Wildman–Crippen MR) is 57.2 cm³/mol. The lowest BCUT2D eigenvalue weighted by atomic mass is 10.4. The molecule has 14 heavy (non-hydrogen) atoms. The van der Waals surface area contributed by atoms with Gasteiger partial charge in [-0.2, -0.15) is 0 Å². The zero-order chi connectivity index (χ0) is 9.97. The van der Waals surface area contributed by atoms with Crippen LogP contribution in [0.4, 0.5) is 0 Å². The van der Waals surface area contributed by atoms with Crippen LogP contribution in [0.15, 0.2) is 12.4 Å². The zero-order valence-corrected chi connectivity index (χ0v) is 8.77. The van der Waals surface area contributed by atoms with E-state index in [4.69, 9.17) is 5.73 Å². The van der Waals surface area contributed by atoms with Crippen molar-refractivity contribution in [3.8, 4) is 10.6 Å². The van der Waals surface area contributed by atoms with Gasteiger partial charge in [-0.25, -0.2) is 9.97 Å². The highest BCUT2D eigenvalue weighted by Gasteiger charge is 2.05. The van der Waals surface area contributed by atoms with E-state index in [-0.39, 0.29) is 0 Å². The minimum Gasteiger partial charge on any atom is -0.341 e. The third kappa shape index (κ3) is 1.83. The van der Waals surface area contributed by atoms with Crippen LogP contribution in [0, 0.1) is 6.92 Å². The maximum atomic E-state index is 5.44. The first kappa shape index (κ1) is 9.36. The Bertz CT molecular complexity index is 418. The molecule has 0 radical (unpaired) electrons. The third-order valence-corrected chi connectivity index (χ3v) is 2.84. The summed E-state index contributed by atoms with van der Waals surface area (Å²) in [5, 5.41) is 1.06. The molecule has 0 aliphatic heterocycles. The number of aryl methyl sites for hydroxylation is 1. The van der Waals surface area contributed by atoms with Gasteiger partial charge in [-0.1, -0.05) is 0 Å². The molecule has 0 atom stereocenters. The lowest BCUT2D eigenvalue weighted by Crippen LogP contribution is -2.03. The number of rotatable bonds is 3. The highest BCUT2D eigenvalue weighted by Crippen LogP contribution is 2.23. The molecule has 2 rings (SSSR count). The van der Waals surface area contributed by atoms with E-state index in [1.807, 2.05) is 19.3 Å². The molecule has 0 aliphatic rings. The number of aromatic amines is 1. The number of hydrogen-bond acceptors (Lipinski definition) is 4. The summed E-state index contributed by atoms with van der Waals surface area (Å²) >= 11 is 1.66. The topological polar surface area (TPSA) is 67.6 Å². The Kier molecular flexibility index (Phi) is 2.60. The van der Waals surface area contributed by atoms with Crippen molar-refractivity contribution in [2.45, 2.75) is 13.3 Å². The van der Waals surface area contributed by atoms with Gasteiger partial charge < -0.3 is 10.7 Å². The average Bonchev–Trinajstić information content (AvgIpc) is 2.74. The van der Waals surface area contributed by atoms with Crippen LogP contribution in [-0.4, -0.2) is 21.5 Å². The van der Waals surface area contributed by atoms with E-state index < -0.39 is 0 Å². The Balaban J connectivity index is 2.24. The maximum absolute atomic E-state index is 5.44. The number of thiazole rings is 1. The van der Waals surface area contributed by atoms with Crippen LogP contribution in [0.25, 0.3) is 10.6 Å². The molecular weight excluding hydrogens is 196 g/mol. The van der Waals surface area contributed by atoms with Gasteiger partial charge in [0.25, 0.3) is 0 Å². The van der Waals surface area contributed by atoms with Gasteiger partial charge in [0, 0.05) is 12.6 Å². The first-order valence-corrected chi connectivity index (χ1v) is 5.28. The van der Waals surface area contributed by atoms with Gasteiger partial charge in [0.1, 0.15) is 5.82 Å². The lowest BCUT2D eigenvalue weighted by Gasteiger charge is -1.90. The van der Waals surface area contributed by atoms with Crippen LogP contribution in [0.5, 0.6) is 0 Å². The summed E-state index contributed by atoms with van der Waals surface area (Å²) < 4.78 is 0. The molecular formula is C9H12N4S. The molecule has 0 saturated heterocycles. The standard InChI is InChI=1S/C9H12N4S/c1-6-11-5-8(14-6)7-4-12-9(13-7)2-3-10/h4-5H,2-3,10H2,1H3,(H,12,13). The van der Waals surface area contributed by atoms with Gasteiger partial charge in [-0.3, -0.25) is 0 Å². The van der Waals surface area contributed by atoms with Crippen molar-refractivity contribution in [3.63, 3.8) is 0 Å². The molecule has 0 bridgehead atoms. The number of nitrogens with zero attached hydrogens (tertiary/aromatic N) is 2. The highest BCUT2D eigenvalue weighted by atomic mass is 32.1. The summed E-state index contributed by atoms with van der Waals surface area (Å²) in [6.07, 6.45) is 4.48. The molecule has 0 spiro atoms. The van der Waals surface area contributed by atoms with E-state index in [9.17, 15) is 0 Å². The van der Waals surface area contributed by atoms with Crippen LogP contribution in [0.2, 0.25) is 0 Å². The monoisotopic (exact) mass is 208 g/mol. The van der Waals surface area contributed by atoms with E-state index in [1.165, 1.54) is 0 Å². The molecule has 0 fully saturated rings. The Morgan fingerprint density at radius 1 is 1.43 bits per heavy atom. The summed E-state index contributed by atoms with van der Waals surface area (Å²) in [4.78, 5) is 12.8. The van der Waals surface area contributed by atoms with Crippen molar-refractivity contribution in [1.82, 2.24) is 15.0 Å². The van der Waals surface area contributed by atoms with Crippen molar-refractivity contribution in [2.75, 3.05) is 6.54 Å². The summed E-state index contributed by atoms with van der Waals surface area (Å²) in [5.41, 5.74) is 6.47. The van der Waals surface area contributed by atoms with Gasteiger partial charge >= 0.3 is 0 Å². The second-order valence-electron chi connectivity index (χ2n) is 3.03. The van der Waals surface area contributed by atoms with Gasteiger partial charge in [0.2, 0.25) is 0 Å². The Morgan fingerprint density at radius 3 is 2.93 bits per heavy atom. The Hall–Kier alpha value is -1.20. The molecule has 0 saturated carbocycles. The molecule has 0 aromatic carbocycles. The Morgan fingerprint density at radius 2 is 2.29 bits per heavy atom. The van der Waals surface area contributed by atoms with Gasteiger partial charge in [0.15, 0.2) is 0 Å². The fourth-order valence-electron chi connectivity index (χ4n) is 1.24. The van der Waals surface area contributed by atoms with Crippen molar-refractivity contribution >= 4 is 11.3 Å². The van der Waals surface area contributed by atoms with E-state index >= 15 is 0 Å². The molecule has 4 nitrogen and oxygen atoms in total. The van der Waals surface area contributed by atoms with Crippen LogP contribution < -0.4 is 5.73 Å². The molecule has 0 aliphatic carbocycles. The summed E-state index contributed by atoms with van der Waals surface area (Å²) in [6, 6.07) is 0. The average molecular weight is 208 g/mol. The first-order chi connectivity index (χ1) is 6.79. The smallest absolute Gasteiger partial charge is 0.107 e. The second kappa shape index (κ2) is 3.89. The number of H-pyrrole nitrogens is 1. The SMILES string of the molecule is Cc1ncc(-c2cnc(CCN)[nH]2)s1. The normalized spacial score (nSPS) is 10.7. The first-order valence-electron chi connectivity index (χ1n) is 4.46.